The molecule has 2 atom stereocenters. The summed E-state index contributed by atoms with van der Waals surface area (Å²) >= 11 is 0. The van der Waals surface area contributed by atoms with Crippen LogP contribution in [0.4, 0.5) is 8.78 Å². The molecule has 3 rings (SSSR count). The summed E-state index contributed by atoms with van der Waals surface area (Å²) in [6, 6.07) is 3.39. The Hall–Kier alpha value is -3.49. The van der Waals surface area contributed by atoms with Crippen molar-refractivity contribution >= 4 is 22.7 Å². The number of rotatable bonds is 7. The maximum absolute atomic E-state index is 14.8. The molecule has 9 heteroatoms. The molecule has 0 aliphatic heterocycles. The highest BCUT2D eigenvalue weighted by atomic mass is 19.1. The van der Waals surface area contributed by atoms with Gasteiger partial charge < -0.3 is 15.7 Å². The van der Waals surface area contributed by atoms with Crippen molar-refractivity contribution < 1.29 is 23.5 Å². The van der Waals surface area contributed by atoms with Gasteiger partial charge in [0.2, 0.25) is 5.91 Å². The van der Waals surface area contributed by atoms with Gasteiger partial charge in [-0.1, -0.05) is 51.6 Å². The number of alkyl halides is 1. The van der Waals surface area contributed by atoms with E-state index in [1.165, 1.54) is 29.8 Å². The average molecular weight is 473 g/mol. The fourth-order valence-corrected chi connectivity index (χ4v) is 3.68. The first-order chi connectivity index (χ1) is 15.8. The van der Waals surface area contributed by atoms with Crippen LogP contribution in [0.15, 0.2) is 54.3 Å². The van der Waals surface area contributed by atoms with E-state index in [0.29, 0.717) is 5.39 Å². The van der Waals surface area contributed by atoms with Gasteiger partial charge in [-0.2, -0.15) is 5.10 Å². The van der Waals surface area contributed by atoms with Gasteiger partial charge in [0.25, 0.3) is 5.91 Å². The van der Waals surface area contributed by atoms with Gasteiger partial charge in [-0.3, -0.25) is 14.3 Å². The maximum atomic E-state index is 14.8. The second kappa shape index (κ2) is 9.40. The van der Waals surface area contributed by atoms with Crippen LogP contribution in [-0.4, -0.2) is 45.0 Å². The Bertz CT molecular complexity index is 1190. The van der Waals surface area contributed by atoms with E-state index < -0.39 is 34.8 Å². The molecule has 2 aromatic rings. The van der Waals surface area contributed by atoms with Gasteiger partial charge in [-0.05, 0) is 30.1 Å². The van der Waals surface area contributed by atoms with Crippen LogP contribution in [0.5, 0.6) is 0 Å². The molecule has 1 heterocycles. The maximum Gasteiger partial charge on any atom is 0.273 e. The SMILES string of the molecule is C=C(O)CNC(=O)[C@@H](NC(=O)c1nn(CC2=CCC(C)(F)C=C2)c2c(F)cccc12)C(C)(C)C. The molecule has 34 heavy (non-hydrogen) atoms. The summed E-state index contributed by atoms with van der Waals surface area (Å²) in [6.45, 7) is 10.1. The molecule has 7 nitrogen and oxygen atoms in total. The molecular weight excluding hydrogens is 442 g/mol. The molecule has 0 fully saturated rings. The highest BCUT2D eigenvalue weighted by Crippen LogP contribution is 2.28. The number of hydrogen-bond donors (Lipinski definition) is 3. The third-order valence-electron chi connectivity index (χ3n) is 5.55. The van der Waals surface area contributed by atoms with Gasteiger partial charge in [-0.15, -0.1) is 0 Å². The fraction of sp³-hybridized carbons (Fsp3) is 0.400. The molecular formula is C25H30F2N4O3. The van der Waals surface area contributed by atoms with Crippen LogP contribution in [-0.2, 0) is 11.3 Å². The van der Waals surface area contributed by atoms with Crippen molar-refractivity contribution in [2.24, 2.45) is 5.41 Å². The van der Waals surface area contributed by atoms with Gasteiger partial charge in [0.05, 0.1) is 13.1 Å². The summed E-state index contributed by atoms with van der Waals surface area (Å²) in [5, 5.41) is 19.2. The number of carbonyl (C=O) groups is 2. The van der Waals surface area contributed by atoms with Crippen LogP contribution >= 0.6 is 0 Å². The second-order valence-corrected chi connectivity index (χ2v) is 9.79. The lowest BCUT2D eigenvalue weighted by atomic mass is 9.86. The zero-order chi connectivity index (χ0) is 25.3. The molecule has 0 bridgehead atoms. The number of fused-ring (bicyclic) bond motifs is 1. The van der Waals surface area contributed by atoms with Crippen molar-refractivity contribution in [3.63, 3.8) is 0 Å². The van der Waals surface area contributed by atoms with E-state index >= 15 is 0 Å². The van der Waals surface area contributed by atoms with Crippen molar-refractivity contribution in [3.8, 4) is 0 Å². The average Bonchev–Trinajstić information content (AvgIpc) is 3.10. The predicted octanol–water partition coefficient (Wildman–Crippen LogP) is 4.12. The Morgan fingerprint density at radius 3 is 2.65 bits per heavy atom. The van der Waals surface area contributed by atoms with Crippen LogP contribution in [0.1, 0.15) is 44.6 Å². The van der Waals surface area contributed by atoms with Gasteiger partial charge in [0.1, 0.15) is 28.8 Å². The number of halogens is 2. The second-order valence-electron chi connectivity index (χ2n) is 9.79. The van der Waals surface area contributed by atoms with Gasteiger partial charge in [-0.25, -0.2) is 8.78 Å². The molecule has 1 aliphatic carbocycles. The minimum absolute atomic E-state index is 0.0289. The molecule has 2 amide bonds. The smallest absolute Gasteiger partial charge is 0.273 e. The summed E-state index contributed by atoms with van der Waals surface area (Å²) in [7, 11) is 0. The molecule has 1 aromatic carbocycles. The first-order valence-corrected chi connectivity index (χ1v) is 11.0. The third kappa shape index (κ3) is 5.70. The Labute approximate surface area is 197 Å². The van der Waals surface area contributed by atoms with Crippen LogP contribution in [0.2, 0.25) is 0 Å². The molecule has 182 valence electrons. The molecule has 0 saturated heterocycles. The van der Waals surface area contributed by atoms with Crippen molar-refractivity contribution in [3.05, 3.63) is 65.8 Å². The summed E-state index contributed by atoms with van der Waals surface area (Å²) in [5.41, 5.74) is -1.25. The number of hydrogen-bond acceptors (Lipinski definition) is 4. The van der Waals surface area contributed by atoms with Crippen LogP contribution in [0.3, 0.4) is 0 Å². The first-order valence-electron chi connectivity index (χ1n) is 11.0. The summed E-state index contributed by atoms with van der Waals surface area (Å²) in [4.78, 5) is 25.9. The van der Waals surface area contributed by atoms with E-state index in [2.05, 4.69) is 22.3 Å². The van der Waals surface area contributed by atoms with Crippen molar-refractivity contribution in [2.45, 2.75) is 52.4 Å². The number of para-hydroxylation sites is 1. The highest BCUT2D eigenvalue weighted by molar-refractivity contribution is 6.06. The van der Waals surface area contributed by atoms with E-state index in [9.17, 15) is 23.5 Å². The monoisotopic (exact) mass is 472 g/mol. The van der Waals surface area contributed by atoms with E-state index in [0.717, 1.165) is 5.57 Å². The Kier molecular flexibility index (Phi) is 6.95. The largest absolute Gasteiger partial charge is 0.511 e. The normalized spacial score (nSPS) is 18.9. The highest BCUT2D eigenvalue weighted by Gasteiger charge is 2.34. The lowest BCUT2D eigenvalue weighted by molar-refractivity contribution is -0.125. The molecule has 0 spiro atoms. The first kappa shape index (κ1) is 25.1. The molecule has 1 aliphatic rings. The number of aliphatic hydroxyl groups is 1. The Balaban J connectivity index is 1.93. The lowest BCUT2D eigenvalue weighted by Gasteiger charge is -2.30. The minimum Gasteiger partial charge on any atom is -0.511 e. The number of aromatic nitrogens is 2. The molecule has 0 radical (unpaired) electrons. The third-order valence-corrected chi connectivity index (χ3v) is 5.55. The summed E-state index contributed by atoms with van der Waals surface area (Å²) in [5.74, 6) is -1.91. The van der Waals surface area contributed by atoms with E-state index in [-0.39, 0.29) is 36.5 Å². The molecule has 0 saturated carbocycles. The summed E-state index contributed by atoms with van der Waals surface area (Å²) in [6.07, 6.45) is 5.00. The molecule has 1 unspecified atom stereocenters. The van der Waals surface area contributed by atoms with Gasteiger partial charge in [0.15, 0.2) is 5.69 Å². The number of carbonyl (C=O) groups excluding carboxylic acids is 2. The number of aliphatic hydroxyl groups excluding tert-OH is 1. The van der Waals surface area contributed by atoms with Crippen molar-refractivity contribution in [1.82, 2.24) is 20.4 Å². The Morgan fingerprint density at radius 1 is 1.35 bits per heavy atom. The zero-order valence-electron chi connectivity index (χ0n) is 19.8. The van der Waals surface area contributed by atoms with E-state index in [4.69, 9.17) is 0 Å². The number of benzene rings is 1. The zero-order valence-corrected chi connectivity index (χ0v) is 19.8. The van der Waals surface area contributed by atoms with Gasteiger partial charge in [0, 0.05) is 11.8 Å². The number of allylic oxidation sites excluding steroid dienone is 4. The van der Waals surface area contributed by atoms with Crippen LogP contribution in [0.25, 0.3) is 10.9 Å². The van der Waals surface area contributed by atoms with Crippen molar-refractivity contribution in [1.29, 1.82) is 0 Å². The topological polar surface area (TPSA) is 96.2 Å². The van der Waals surface area contributed by atoms with E-state index in [1.54, 1.807) is 39.0 Å². The quantitative estimate of drug-likeness (QED) is 0.528. The molecule has 1 aromatic heterocycles. The van der Waals surface area contributed by atoms with Crippen LogP contribution in [0, 0.1) is 11.2 Å². The predicted molar refractivity (Wildman–Crippen MR) is 127 cm³/mol. The number of nitrogens with zero attached hydrogens (tertiary/aromatic N) is 2. The number of amides is 2. The van der Waals surface area contributed by atoms with Crippen molar-refractivity contribution in [2.75, 3.05) is 6.54 Å². The van der Waals surface area contributed by atoms with E-state index in [1.807, 2.05) is 0 Å². The summed E-state index contributed by atoms with van der Waals surface area (Å²) < 4.78 is 30.2. The fourth-order valence-electron chi connectivity index (χ4n) is 3.68. The number of nitrogens with one attached hydrogen (secondary N) is 2. The lowest BCUT2D eigenvalue weighted by Crippen LogP contribution is -2.53. The Morgan fingerprint density at radius 2 is 2.06 bits per heavy atom. The standard InChI is InChI=1S/C25H30F2N4O3/c1-15(32)13-28-23(34)21(24(2,3)4)29-22(33)19-17-7-6-8-18(26)20(17)31(30-19)14-16-9-11-25(5,27)12-10-16/h6-11,21,32H,1,12-14H2,2-5H3,(H,28,34)(H,29,33)/t21-,25?/m1/s1. The van der Waals surface area contributed by atoms with Crippen LogP contribution < -0.4 is 10.6 Å². The molecule has 3 N–H and O–H groups in total. The minimum atomic E-state index is -1.43. The van der Waals surface area contributed by atoms with Gasteiger partial charge >= 0.3 is 0 Å².